The zero-order valence-electron chi connectivity index (χ0n) is 18.5. The lowest BCUT2D eigenvalue weighted by atomic mass is 10.0. The summed E-state index contributed by atoms with van der Waals surface area (Å²) in [5, 5.41) is 0.526. The molecule has 2 aromatic heterocycles. The summed E-state index contributed by atoms with van der Waals surface area (Å²) in [4.78, 5) is 26.6. The summed E-state index contributed by atoms with van der Waals surface area (Å²) < 4.78 is 3.22. The molecule has 0 N–H and O–H groups in total. The van der Waals surface area contributed by atoms with Crippen LogP contribution in [0.5, 0.6) is 0 Å². The van der Waals surface area contributed by atoms with Gasteiger partial charge in [-0.2, -0.15) is 0 Å². The molecule has 6 heteroatoms. The van der Waals surface area contributed by atoms with E-state index >= 15 is 0 Å². The van der Waals surface area contributed by atoms with Crippen molar-refractivity contribution in [1.82, 2.24) is 4.57 Å². The molecule has 0 fully saturated rings. The molecule has 0 aliphatic heterocycles. The minimum atomic E-state index is -0.319. The van der Waals surface area contributed by atoms with Crippen molar-refractivity contribution in [3.05, 3.63) is 110 Å². The van der Waals surface area contributed by atoms with Gasteiger partial charge in [0.05, 0.1) is 25.8 Å². The predicted molar refractivity (Wildman–Crippen MR) is 145 cm³/mol. The number of fused-ring (bicyclic) bond motifs is 2. The first kappa shape index (κ1) is 22.1. The maximum atomic E-state index is 12.9. The molecule has 0 amide bonds. The summed E-state index contributed by atoms with van der Waals surface area (Å²) in [7, 11) is 2.03. The maximum Gasteiger partial charge on any atom is 0.197 e. The quantitative estimate of drug-likeness (QED) is 0.179. The van der Waals surface area contributed by atoms with Crippen LogP contribution in [0.2, 0.25) is 10.0 Å². The van der Waals surface area contributed by atoms with Gasteiger partial charge in [0.1, 0.15) is 0 Å². The van der Waals surface area contributed by atoms with E-state index in [4.69, 9.17) is 23.2 Å². The molecular weight excluding hydrogens is 497 g/mol. The first-order valence-electron chi connectivity index (χ1n) is 11.0. The Balaban J connectivity index is 1.33. The highest BCUT2D eigenvalue weighted by atomic mass is 35.5. The Hall–Kier alpha value is -3.44. The Morgan fingerprint density at radius 3 is 1.91 bits per heavy atom. The van der Waals surface area contributed by atoms with Gasteiger partial charge < -0.3 is 4.57 Å². The van der Waals surface area contributed by atoms with Crippen LogP contribution in [-0.2, 0) is 7.05 Å². The molecule has 3 aromatic carbocycles. The number of carbonyl (C=O) groups excluding carboxylic acids is 2. The van der Waals surface area contributed by atoms with Crippen LogP contribution in [0.15, 0.2) is 84.4 Å². The van der Waals surface area contributed by atoms with Gasteiger partial charge in [0.2, 0.25) is 0 Å². The Morgan fingerprint density at radius 1 is 0.743 bits per heavy atom. The van der Waals surface area contributed by atoms with E-state index in [0.717, 1.165) is 26.4 Å². The molecule has 1 aliphatic rings. The number of ketones is 2. The van der Waals surface area contributed by atoms with Crippen molar-refractivity contribution in [3.8, 4) is 22.4 Å². The second-order valence-electron chi connectivity index (χ2n) is 8.46. The van der Waals surface area contributed by atoms with Gasteiger partial charge >= 0.3 is 0 Å². The third-order valence-electron chi connectivity index (χ3n) is 6.36. The zero-order chi connectivity index (χ0) is 24.3. The van der Waals surface area contributed by atoms with Crippen molar-refractivity contribution < 1.29 is 9.59 Å². The molecule has 3 nitrogen and oxygen atoms in total. The lowest BCUT2D eigenvalue weighted by Gasteiger charge is -2.06. The van der Waals surface area contributed by atoms with Crippen molar-refractivity contribution >= 4 is 62.4 Å². The number of allylic oxidation sites excluding steroid dienone is 1. The average Bonchev–Trinajstić information content (AvgIpc) is 3.48. The third kappa shape index (κ3) is 3.66. The number of halogens is 2. The highest BCUT2D eigenvalue weighted by molar-refractivity contribution is 7.19. The normalized spacial score (nSPS) is 13.1. The van der Waals surface area contributed by atoms with Gasteiger partial charge in [0.15, 0.2) is 11.6 Å². The first-order valence-corrected chi connectivity index (χ1v) is 12.5. The summed E-state index contributed by atoms with van der Waals surface area (Å²) in [5.41, 5.74) is 6.39. The minimum Gasteiger partial charge on any atom is -0.343 e. The topological polar surface area (TPSA) is 39.1 Å². The minimum absolute atomic E-state index is 0.140. The highest BCUT2D eigenvalue weighted by Crippen LogP contribution is 2.37. The predicted octanol–water partition coefficient (Wildman–Crippen LogP) is 8.34. The average molecular weight is 514 g/mol. The van der Waals surface area contributed by atoms with E-state index in [-0.39, 0.29) is 27.2 Å². The van der Waals surface area contributed by atoms with Crippen molar-refractivity contribution in [3.63, 3.8) is 0 Å². The fourth-order valence-electron chi connectivity index (χ4n) is 4.53. The van der Waals surface area contributed by atoms with Gasteiger partial charge in [-0.15, -0.1) is 11.3 Å². The Morgan fingerprint density at radius 2 is 1.31 bits per heavy atom. The number of nitrogens with zero attached hydrogens (tertiary/aromatic N) is 1. The lowest BCUT2D eigenvalue weighted by molar-refractivity contribution is 0.0990. The van der Waals surface area contributed by atoms with Crippen LogP contribution in [-0.4, -0.2) is 16.1 Å². The van der Waals surface area contributed by atoms with Crippen LogP contribution in [0.25, 0.3) is 38.7 Å². The smallest absolute Gasteiger partial charge is 0.197 e. The van der Waals surface area contributed by atoms with Gasteiger partial charge in [0, 0.05) is 28.7 Å². The number of hydrogen-bond donors (Lipinski definition) is 0. The van der Waals surface area contributed by atoms with Gasteiger partial charge in [-0.3, -0.25) is 9.59 Å². The number of Topliss-reactive ketones (excluding diaryl/α,β-unsaturated/α-hetero) is 2. The monoisotopic (exact) mass is 513 g/mol. The number of aryl methyl sites for hydroxylation is 1. The summed E-state index contributed by atoms with van der Waals surface area (Å²) in [6.45, 7) is 0. The molecule has 0 saturated carbocycles. The Labute approximate surface area is 215 Å². The lowest BCUT2D eigenvalue weighted by Crippen LogP contribution is -1.99. The SMILES string of the molecule is Cn1c(-c2ccc(-c3ccccc3)cc2)cc2sc(C=C3C(=O)c4cc(Cl)c(Cl)cc4C3=O)cc21. The Bertz CT molecular complexity index is 1650. The Kier molecular flexibility index (Phi) is 5.26. The summed E-state index contributed by atoms with van der Waals surface area (Å²) in [6.07, 6.45) is 1.67. The fraction of sp³-hybridized carbons (Fsp3) is 0.0345. The van der Waals surface area contributed by atoms with E-state index in [1.165, 1.54) is 23.3 Å². The number of carbonyl (C=O) groups is 2. The number of benzene rings is 3. The molecule has 35 heavy (non-hydrogen) atoms. The maximum absolute atomic E-state index is 12.9. The first-order chi connectivity index (χ1) is 16.9. The highest BCUT2D eigenvalue weighted by Gasteiger charge is 2.34. The van der Waals surface area contributed by atoms with E-state index in [1.807, 2.05) is 31.3 Å². The van der Waals surface area contributed by atoms with Crippen LogP contribution < -0.4 is 0 Å². The standard InChI is InChI=1S/C29H17Cl2NO2S/c1-32-25(18-9-7-17(8-10-18)16-5-3-2-4-6-16)15-27-26(32)12-19(35-27)11-22-28(33)20-13-23(30)24(31)14-21(20)29(22)34/h2-15H,1H3. The van der Waals surface area contributed by atoms with Crippen LogP contribution in [0.1, 0.15) is 25.6 Å². The molecule has 0 bridgehead atoms. The van der Waals surface area contributed by atoms with Crippen molar-refractivity contribution in [2.45, 2.75) is 0 Å². The van der Waals surface area contributed by atoms with Crippen LogP contribution in [0, 0.1) is 0 Å². The largest absolute Gasteiger partial charge is 0.343 e. The van der Waals surface area contributed by atoms with Gasteiger partial charge in [-0.05, 0) is 47.0 Å². The molecule has 170 valence electrons. The van der Waals surface area contributed by atoms with Crippen LogP contribution >= 0.6 is 34.5 Å². The molecule has 0 unspecified atom stereocenters. The van der Waals surface area contributed by atoms with Crippen molar-refractivity contribution in [2.24, 2.45) is 7.05 Å². The van der Waals surface area contributed by atoms with E-state index in [2.05, 4.69) is 47.0 Å². The molecule has 2 heterocycles. The number of hydrogen-bond acceptors (Lipinski definition) is 3. The van der Waals surface area contributed by atoms with Crippen molar-refractivity contribution in [2.75, 3.05) is 0 Å². The number of thiophene rings is 1. The second kappa shape index (κ2) is 8.35. The molecule has 0 radical (unpaired) electrons. The van der Waals surface area contributed by atoms with E-state index in [9.17, 15) is 9.59 Å². The molecule has 6 rings (SSSR count). The van der Waals surface area contributed by atoms with Gasteiger partial charge in [-0.1, -0.05) is 77.8 Å². The van der Waals surface area contributed by atoms with E-state index in [0.29, 0.717) is 11.1 Å². The number of aromatic nitrogens is 1. The van der Waals surface area contributed by atoms with E-state index in [1.54, 1.807) is 17.4 Å². The molecule has 5 aromatic rings. The summed E-state index contributed by atoms with van der Waals surface area (Å²) >= 11 is 13.7. The van der Waals surface area contributed by atoms with Crippen molar-refractivity contribution in [1.29, 1.82) is 0 Å². The molecule has 0 saturated heterocycles. The molecule has 1 aliphatic carbocycles. The summed E-state index contributed by atoms with van der Waals surface area (Å²) in [6, 6.07) is 25.9. The summed E-state index contributed by atoms with van der Waals surface area (Å²) in [5.74, 6) is -0.638. The zero-order valence-corrected chi connectivity index (χ0v) is 20.8. The third-order valence-corrected chi connectivity index (χ3v) is 8.10. The molecule has 0 spiro atoms. The van der Waals surface area contributed by atoms with E-state index < -0.39 is 0 Å². The van der Waals surface area contributed by atoms with Crippen LogP contribution in [0.4, 0.5) is 0 Å². The fourth-order valence-corrected chi connectivity index (χ4v) is 5.93. The molecule has 0 atom stereocenters. The number of rotatable bonds is 3. The van der Waals surface area contributed by atoms with Crippen LogP contribution in [0.3, 0.4) is 0 Å². The second-order valence-corrected chi connectivity index (χ2v) is 10.4. The van der Waals surface area contributed by atoms with Gasteiger partial charge in [-0.25, -0.2) is 0 Å². The molecular formula is C29H17Cl2NO2S. The van der Waals surface area contributed by atoms with Gasteiger partial charge in [0.25, 0.3) is 0 Å².